The molecule has 0 saturated heterocycles. The zero-order chi connectivity index (χ0) is 23.0. The Hall–Kier alpha value is -1.38. The van der Waals surface area contributed by atoms with E-state index in [0.29, 0.717) is 6.10 Å². The maximum Gasteiger partial charge on any atom is 0.0596 e. The van der Waals surface area contributed by atoms with Gasteiger partial charge in [0.25, 0.3) is 0 Å². The van der Waals surface area contributed by atoms with Crippen molar-refractivity contribution in [1.82, 2.24) is 0 Å². The van der Waals surface area contributed by atoms with Crippen molar-refractivity contribution in [3.05, 3.63) is 70.8 Å². The van der Waals surface area contributed by atoms with Crippen LogP contribution in [0, 0.1) is 5.92 Å². The van der Waals surface area contributed by atoms with E-state index in [-0.39, 0.29) is 9.52 Å². The number of hydrogen-bond acceptors (Lipinski definition) is 1. The molecule has 0 amide bonds. The predicted octanol–water partition coefficient (Wildman–Crippen LogP) is 7.83. The monoisotopic (exact) mass is 462 g/mol. The van der Waals surface area contributed by atoms with Crippen molar-refractivity contribution >= 4 is 9.52 Å². The molecule has 2 fully saturated rings. The van der Waals surface area contributed by atoms with Crippen molar-refractivity contribution in [2.45, 2.75) is 108 Å². The smallest absolute Gasteiger partial charge is 0.0596 e. The summed E-state index contributed by atoms with van der Waals surface area (Å²) in [6.07, 6.45) is 15.0. The minimum atomic E-state index is 0.206. The Kier molecular flexibility index (Phi) is 9.26. The first-order valence-corrected chi connectivity index (χ1v) is 16.1. The van der Waals surface area contributed by atoms with Gasteiger partial charge in [-0.25, -0.2) is 0 Å². The average molecular weight is 463 g/mol. The summed E-state index contributed by atoms with van der Waals surface area (Å²) >= 11 is 0. The van der Waals surface area contributed by atoms with Crippen LogP contribution in [0.1, 0.15) is 98.8 Å². The van der Waals surface area contributed by atoms with E-state index in [1.165, 1.54) is 62.5 Å². The van der Waals surface area contributed by atoms with E-state index in [9.17, 15) is 0 Å². The van der Waals surface area contributed by atoms with E-state index in [0.717, 1.165) is 42.6 Å². The van der Waals surface area contributed by atoms with Crippen molar-refractivity contribution in [2.75, 3.05) is 7.11 Å². The van der Waals surface area contributed by atoms with Gasteiger partial charge in [-0.15, -0.1) is 0 Å². The SMILES string of the molecule is CCC(OC)C1CCC(c2ccc(CCc3ccc(C4CCC([SiH2]C)CC4)cc3)cc2)CC1. The first-order chi connectivity index (χ1) is 16.2. The van der Waals surface area contributed by atoms with Crippen LogP contribution in [-0.2, 0) is 17.6 Å². The lowest BCUT2D eigenvalue weighted by molar-refractivity contribution is 0.0316. The van der Waals surface area contributed by atoms with Gasteiger partial charge in [-0.05, 0) is 97.8 Å². The van der Waals surface area contributed by atoms with E-state index in [4.69, 9.17) is 4.74 Å². The number of rotatable bonds is 9. The fourth-order valence-corrected chi connectivity index (χ4v) is 7.91. The van der Waals surface area contributed by atoms with E-state index in [2.05, 4.69) is 62.0 Å². The number of ether oxygens (including phenoxy) is 1. The molecule has 2 aliphatic carbocycles. The Morgan fingerprint density at radius 3 is 1.58 bits per heavy atom. The molecule has 180 valence electrons. The Morgan fingerprint density at radius 1 is 0.727 bits per heavy atom. The zero-order valence-corrected chi connectivity index (χ0v) is 22.8. The second-order valence-corrected chi connectivity index (χ2v) is 12.9. The summed E-state index contributed by atoms with van der Waals surface area (Å²) in [5.41, 5.74) is 7.21. The molecule has 0 aliphatic heterocycles. The van der Waals surface area contributed by atoms with Crippen molar-refractivity contribution in [3.8, 4) is 0 Å². The van der Waals surface area contributed by atoms with Crippen molar-refractivity contribution in [1.29, 1.82) is 0 Å². The molecule has 4 rings (SSSR count). The van der Waals surface area contributed by atoms with Crippen molar-refractivity contribution < 1.29 is 4.74 Å². The summed E-state index contributed by atoms with van der Waals surface area (Å²) in [5.74, 6) is 2.32. The molecule has 2 aromatic rings. The van der Waals surface area contributed by atoms with Gasteiger partial charge in [-0.2, -0.15) is 0 Å². The van der Waals surface area contributed by atoms with Crippen LogP contribution in [0.2, 0.25) is 12.1 Å². The Balaban J connectivity index is 1.24. The molecule has 1 atom stereocenters. The highest BCUT2D eigenvalue weighted by molar-refractivity contribution is 6.35. The van der Waals surface area contributed by atoms with E-state index in [1.807, 2.05) is 7.11 Å². The van der Waals surface area contributed by atoms with Gasteiger partial charge in [-0.3, -0.25) is 0 Å². The highest BCUT2D eigenvalue weighted by atomic mass is 28.2. The lowest BCUT2D eigenvalue weighted by atomic mass is 9.76. The third kappa shape index (κ3) is 6.60. The van der Waals surface area contributed by atoms with Gasteiger partial charge in [-0.1, -0.05) is 80.4 Å². The third-order valence-corrected chi connectivity index (χ3v) is 11.0. The molecule has 0 spiro atoms. The number of aryl methyl sites for hydroxylation is 2. The fraction of sp³-hybridized carbons (Fsp3) is 0.613. The van der Waals surface area contributed by atoms with Gasteiger partial charge in [0.1, 0.15) is 0 Å². The topological polar surface area (TPSA) is 9.23 Å². The number of hydrogen-bond donors (Lipinski definition) is 0. The fourth-order valence-electron chi connectivity index (χ4n) is 6.62. The molecule has 1 unspecified atom stereocenters. The lowest BCUT2D eigenvalue weighted by Gasteiger charge is -2.33. The van der Waals surface area contributed by atoms with Gasteiger partial charge >= 0.3 is 0 Å². The Labute approximate surface area is 205 Å². The molecule has 0 bridgehead atoms. The summed E-state index contributed by atoms with van der Waals surface area (Å²) in [6.45, 7) is 4.75. The third-order valence-electron chi connectivity index (χ3n) is 9.03. The van der Waals surface area contributed by atoms with Crippen LogP contribution in [-0.4, -0.2) is 22.7 Å². The molecule has 0 heterocycles. The van der Waals surface area contributed by atoms with Crippen LogP contribution < -0.4 is 0 Å². The maximum absolute atomic E-state index is 5.71. The molecule has 2 saturated carbocycles. The molecule has 2 heteroatoms. The molecule has 0 radical (unpaired) electrons. The van der Waals surface area contributed by atoms with Crippen LogP contribution >= 0.6 is 0 Å². The molecule has 0 aromatic heterocycles. The first kappa shape index (κ1) is 24.7. The molecule has 2 aromatic carbocycles. The van der Waals surface area contributed by atoms with Crippen LogP contribution in [0.15, 0.2) is 48.5 Å². The van der Waals surface area contributed by atoms with Crippen LogP contribution in [0.3, 0.4) is 0 Å². The predicted molar refractivity (Wildman–Crippen MR) is 145 cm³/mol. The van der Waals surface area contributed by atoms with Crippen LogP contribution in [0.5, 0.6) is 0 Å². The molecular weight excluding hydrogens is 416 g/mol. The van der Waals surface area contributed by atoms with E-state index >= 15 is 0 Å². The average Bonchev–Trinajstić information content (AvgIpc) is 2.89. The summed E-state index contributed by atoms with van der Waals surface area (Å²) in [4.78, 5) is 0. The van der Waals surface area contributed by atoms with Gasteiger partial charge in [0.2, 0.25) is 0 Å². The van der Waals surface area contributed by atoms with Crippen molar-refractivity contribution in [3.63, 3.8) is 0 Å². The summed E-state index contributed by atoms with van der Waals surface area (Å²) in [6, 6.07) is 19.2. The molecule has 2 aliphatic rings. The minimum absolute atomic E-state index is 0.206. The maximum atomic E-state index is 5.71. The van der Waals surface area contributed by atoms with Crippen LogP contribution in [0.4, 0.5) is 0 Å². The van der Waals surface area contributed by atoms with Gasteiger partial charge < -0.3 is 4.74 Å². The second kappa shape index (κ2) is 12.4. The summed E-state index contributed by atoms with van der Waals surface area (Å²) < 4.78 is 5.71. The van der Waals surface area contributed by atoms with E-state index in [1.54, 1.807) is 11.1 Å². The standard InChI is InChI=1S/C31H46OSi/c1-4-31(32-2)29-17-15-27(16-18-29)25-11-7-23(8-12-25)5-6-24-9-13-26(14-10-24)28-19-21-30(33-3)22-20-28/h7-14,27-31H,4-6,15-22,33H2,1-3H3. The summed E-state index contributed by atoms with van der Waals surface area (Å²) in [5, 5.41) is 0. The summed E-state index contributed by atoms with van der Waals surface area (Å²) in [7, 11) is 2.09. The quantitative estimate of drug-likeness (QED) is 0.345. The molecular formula is C31H46OSi. The number of benzene rings is 2. The van der Waals surface area contributed by atoms with Gasteiger partial charge in [0.05, 0.1) is 6.10 Å². The van der Waals surface area contributed by atoms with Gasteiger partial charge in [0.15, 0.2) is 0 Å². The lowest BCUT2D eigenvalue weighted by Crippen LogP contribution is -2.26. The second-order valence-electron chi connectivity index (χ2n) is 10.9. The highest BCUT2D eigenvalue weighted by Crippen LogP contribution is 2.39. The van der Waals surface area contributed by atoms with Crippen molar-refractivity contribution in [2.24, 2.45) is 5.92 Å². The van der Waals surface area contributed by atoms with Gasteiger partial charge in [0, 0.05) is 16.6 Å². The Bertz CT molecular complexity index is 807. The largest absolute Gasteiger partial charge is 0.381 e. The molecule has 33 heavy (non-hydrogen) atoms. The number of methoxy groups -OCH3 is 1. The Morgan fingerprint density at radius 2 is 1.18 bits per heavy atom. The molecule has 0 N–H and O–H groups in total. The highest BCUT2D eigenvalue weighted by Gasteiger charge is 2.27. The zero-order valence-electron chi connectivity index (χ0n) is 21.4. The first-order valence-electron chi connectivity index (χ1n) is 13.9. The van der Waals surface area contributed by atoms with Crippen LogP contribution in [0.25, 0.3) is 0 Å². The normalized spacial score (nSPS) is 27.1. The van der Waals surface area contributed by atoms with E-state index < -0.39 is 0 Å². The minimum Gasteiger partial charge on any atom is -0.381 e. The molecule has 1 nitrogen and oxygen atoms in total.